The number of benzene rings is 1. The summed E-state index contributed by atoms with van der Waals surface area (Å²) in [5.41, 5.74) is 3.57. The highest BCUT2D eigenvalue weighted by atomic mass is 19.3. The van der Waals surface area contributed by atoms with Crippen molar-refractivity contribution in [3.63, 3.8) is 0 Å². The lowest BCUT2D eigenvalue weighted by Gasteiger charge is -2.38. The third-order valence-corrected chi connectivity index (χ3v) is 7.05. The number of hydrazine groups is 1. The Kier molecular flexibility index (Phi) is 6.49. The highest BCUT2D eigenvalue weighted by Gasteiger charge is 2.49. The van der Waals surface area contributed by atoms with E-state index in [9.17, 15) is 23.2 Å². The van der Waals surface area contributed by atoms with Crippen molar-refractivity contribution in [1.29, 1.82) is 0 Å². The molecule has 0 bridgehead atoms. The molecule has 35 heavy (non-hydrogen) atoms. The number of nitrogens with zero attached hydrogens (tertiary/aromatic N) is 2. The molecule has 3 saturated heterocycles. The zero-order valence-electron chi connectivity index (χ0n) is 19.4. The molecule has 1 aliphatic carbocycles. The van der Waals surface area contributed by atoms with Gasteiger partial charge in [0.05, 0.1) is 23.9 Å². The fraction of sp³-hybridized carbons (Fsp3) is 0.609. The zero-order chi connectivity index (χ0) is 24.7. The summed E-state index contributed by atoms with van der Waals surface area (Å²) < 4.78 is 31.3. The van der Waals surface area contributed by atoms with E-state index in [2.05, 4.69) is 21.4 Å². The number of hydrogen-bond acceptors (Lipinski definition) is 7. The summed E-state index contributed by atoms with van der Waals surface area (Å²) in [5.74, 6) is -1.11. The molecular weight excluding hydrogens is 462 g/mol. The zero-order valence-corrected chi connectivity index (χ0v) is 19.4. The Morgan fingerprint density at radius 2 is 1.94 bits per heavy atom. The van der Waals surface area contributed by atoms with Gasteiger partial charge in [0, 0.05) is 44.1 Å². The minimum absolute atomic E-state index is 0.0218. The largest absolute Gasteiger partial charge is 0.433 e. The summed E-state index contributed by atoms with van der Waals surface area (Å²) >= 11 is 0. The molecule has 4 atom stereocenters. The van der Waals surface area contributed by atoms with Crippen molar-refractivity contribution in [2.75, 3.05) is 25.5 Å². The molecule has 4 aliphatic rings. The number of nitrogens with one attached hydrogen (secondary N) is 4. The molecule has 1 saturated carbocycles. The van der Waals surface area contributed by atoms with E-state index in [-0.39, 0.29) is 40.6 Å². The molecule has 3 amide bonds. The van der Waals surface area contributed by atoms with Crippen molar-refractivity contribution in [3.8, 4) is 5.75 Å². The first-order valence-electron chi connectivity index (χ1n) is 12.0. The van der Waals surface area contributed by atoms with Crippen LogP contribution in [-0.2, 0) is 9.59 Å². The van der Waals surface area contributed by atoms with Gasteiger partial charge in [-0.1, -0.05) is 0 Å². The fourth-order valence-electron chi connectivity index (χ4n) is 5.10. The normalized spacial score (nSPS) is 28.3. The molecular formula is C23H30F2N6O4. The topological polar surface area (TPSA) is 115 Å². The monoisotopic (exact) mass is 492 g/mol. The third kappa shape index (κ3) is 5.03. The summed E-state index contributed by atoms with van der Waals surface area (Å²) in [6.07, 6.45) is 3.05. The molecule has 4 N–H and O–H groups in total. The fourth-order valence-corrected chi connectivity index (χ4v) is 5.10. The van der Waals surface area contributed by atoms with Gasteiger partial charge in [0.1, 0.15) is 5.75 Å². The molecule has 4 unspecified atom stereocenters. The number of anilines is 1. The Morgan fingerprint density at radius 1 is 1.20 bits per heavy atom. The number of hydrogen-bond donors (Lipinski definition) is 4. The van der Waals surface area contributed by atoms with E-state index in [1.54, 1.807) is 18.0 Å². The van der Waals surface area contributed by atoms with Crippen LogP contribution in [-0.4, -0.2) is 72.8 Å². The Labute approximate surface area is 201 Å². The number of fused-ring (bicyclic) bond motifs is 1. The van der Waals surface area contributed by atoms with Gasteiger partial charge in [-0.25, -0.2) is 5.43 Å². The lowest BCUT2D eigenvalue weighted by molar-refractivity contribution is -0.131. The van der Waals surface area contributed by atoms with Gasteiger partial charge in [0.25, 0.3) is 5.91 Å². The summed E-state index contributed by atoms with van der Waals surface area (Å²) in [4.78, 5) is 39.6. The predicted octanol–water partition coefficient (Wildman–Crippen LogP) is 1.07. The average Bonchev–Trinajstić information content (AvgIpc) is 3.45. The number of amides is 3. The van der Waals surface area contributed by atoms with Crippen LogP contribution in [0.1, 0.15) is 42.5 Å². The summed E-state index contributed by atoms with van der Waals surface area (Å²) in [6, 6.07) is 3.94. The van der Waals surface area contributed by atoms with E-state index in [0.29, 0.717) is 19.5 Å². The first-order chi connectivity index (χ1) is 16.8. The van der Waals surface area contributed by atoms with Crippen LogP contribution in [0.15, 0.2) is 18.2 Å². The van der Waals surface area contributed by atoms with E-state index in [1.165, 1.54) is 17.1 Å². The number of carbonyl (C=O) groups excluding carboxylic acids is 3. The number of ether oxygens (including phenoxy) is 1. The molecule has 0 spiro atoms. The molecule has 3 aliphatic heterocycles. The Hall–Kier alpha value is -2.99. The molecule has 12 heteroatoms. The van der Waals surface area contributed by atoms with E-state index in [4.69, 9.17) is 4.74 Å². The van der Waals surface area contributed by atoms with Crippen LogP contribution in [0.5, 0.6) is 5.75 Å². The van der Waals surface area contributed by atoms with Crippen molar-refractivity contribution in [2.45, 2.75) is 57.1 Å². The highest BCUT2D eigenvalue weighted by molar-refractivity contribution is 5.95. The maximum absolute atomic E-state index is 13.3. The Morgan fingerprint density at radius 3 is 2.63 bits per heavy atom. The Balaban J connectivity index is 1.38. The van der Waals surface area contributed by atoms with Crippen LogP contribution in [0.25, 0.3) is 0 Å². The number of alkyl halides is 2. The second-order valence-corrected chi connectivity index (χ2v) is 9.61. The van der Waals surface area contributed by atoms with Crippen molar-refractivity contribution in [3.05, 3.63) is 23.8 Å². The lowest BCUT2D eigenvalue weighted by Crippen LogP contribution is -2.63. The number of likely N-dealkylation sites (tertiary alicyclic amines) is 1. The van der Waals surface area contributed by atoms with E-state index >= 15 is 0 Å². The van der Waals surface area contributed by atoms with Gasteiger partial charge in [-0.05, 0) is 43.9 Å². The van der Waals surface area contributed by atoms with Gasteiger partial charge in [0.15, 0.2) is 0 Å². The van der Waals surface area contributed by atoms with Crippen molar-refractivity contribution < 1.29 is 27.9 Å². The quantitative estimate of drug-likeness (QED) is 0.450. The van der Waals surface area contributed by atoms with Crippen LogP contribution in [0.3, 0.4) is 0 Å². The number of rotatable bonds is 7. The number of piperidine rings is 1. The SMILES string of the molecule is CN1NC2NC(NC(=O)C3CC3)CC(Nc3ccc(C(=O)N4CCCC4)cc3OC(F)F)C2C1=O. The Bertz CT molecular complexity index is 1000. The molecule has 0 radical (unpaired) electrons. The van der Waals surface area contributed by atoms with Crippen LogP contribution in [0.2, 0.25) is 0 Å². The maximum atomic E-state index is 13.3. The van der Waals surface area contributed by atoms with Crippen LogP contribution < -0.4 is 26.1 Å². The first-order valence-corrected chi connectivity index (χ1v) is 12.0. The molecule has 3 heterocycles. The van der Waals surface area contributed by atoms with Gasteiger partial charge in [-0.15, -0.1) is 0 Å². The van der Waals surface area contributed by atoms with Crippen LogP contribution >= 0.6 is 0 Å². The molecule has 190 valence electrons. The van der Waals surface area contributed by atoms with Gasteiger partial charge < -0.3 is 20.3 Å². The minimum atomic E-state index is -3.08. The van der Waals surface area contributed by atoms with E-state index < -0.39 is 30.9 Å². The van der Waals surface area contributed by atoms with Crippen molar-refractivity contribution in [2.24, 2.45) is 11.8 Å². The molecule has 1 aromatic rings. The van der Waals surface area contributed by atoms with Crippen molar-refractivity contribution in [1.82, 2.24) is 26.0 Å². The highest BCUT2D eigenvalue weighted by Crippen LogP contribution is 2.34. The molecule has 5 rings (SSSR count). The first kappa shape index (κ1) is 23.7. The summed E-state index contributed by atoms with van der Waals surface area (Å²) in [5, 5.41) is 10.8. The van der Waals surface area contributed by atoms with Gasteiger partial charge in [-0.3, -0.25) is 24.7 Å². The van der Waals surface area contributed by atoms with E-state index in [1.807, 2.05) is 0 Å². The third-order valence-electron chi connectivity index (χ3n) is 7.05. The summed E-state index contributed by atoms with van der Waals surface area (Å²) in [7, 11) is 1.61. The number of carbonyl (C=O) groups is 3. The number of halogens is 2. The predicted molar refractivity (Wildman–Crippen MR) is 121 cm³/mol. The van der Waals surface area contributed by atoms with Crippen LogP contribution in [0, 0.1) is 11.8 Å². The van der Waals surface area contributed by atoms with Gasteiger partial charge in [-0.2, -0.15) is 8.78 Å². The van der Waals surface area contributed by atoms with Crippen molar-refractivity contribution >= 4 is 23.4 Å². The minimum Gasteiger partial charge on any atom is -0.433 e. The second kappa shape index (κ2) is 9.57. The summed E-state index contributed by atoms with van der Waals surface area (Å²) in [6.45, 7) is -1.81. The average molecular weight is 493 g/mol. The van der Waals surface area contributed by atoms with E-state index in [0.717, 1.165) is 25.7 Å². The smallest absolute Gasteiger partial charge is 0.387 e. The molecule has 0 aromatic heterocycles. The maximum Gasteiger partial charge on any atom is 0.387 e. The van der Waals surface area contributed by atoms with Crippen LogP contribution in [0.4, 0.5) is 14.5 Å². The molecule has 1 aromatic carbocycles. The molecule has 10 nitrogen and oxygen atoms in total. The van der Waals surface area contributed by atoms with Gasteiger partial charge in [0.2, 0.25) is 11.8 Å². The standard InChI is InChI=1S/C23H30F2N6O4/c1-30-22(34)18-15(11-17(27-19(18)29-30)28-20(32)12-4-5-12)26-14-7-6-13(10-16(14)35-23(24)25)21(33)31-8-2-3-9-31/h6-7,10,12,15,17-19,23,26-27,29H,2-5,8-9,11H2,1H3,(H,28,32). The van der Waals surface area contributed by atoms with Gasteiger partial charge >= 0.3 is 6.61 Å². The second-order valence-electron chi connectivity index (χ2n) is 9.61. The lowest BCUT2D eigenvalue weighted by atomic mass is 9.88. The molecule has 4 fully saturated rings.